The largest absolute Gasteiger partial charge is 0.433 e. The summed E-state index contributed by atoms with van der Waals surface area (Å²) in [7, 11) is 0. The van der Waals surface area contributed by atoms with Gasteiger partial charge in [-0.3, -0.25) is 14.9 Å². The molecule has 1 aromatic carbocycles. The number of rotatable bonds is 5. The Bertz CT molecular complexity index is 711. The van der Waals surface area contributed by atoms with Crippen LogP contribution in [0.4, 0.5) is 16.0 Å². The number of benzene rings is 1. The van der Waals surface area contributed by atoms with Gasteiger partial charge in [-0.1, -0.05) is 0 Å². The highest BCUT2D eigenvalue weighted by molar-refractivity contribution is 5.94. The molecular formula is C13H12FN3O4. The number of hydrogen-bond acceptors (Lipinski definition) is 5. The summed E-state index contributed by atoms with van der Waals surface area (Å²) in [4.78, 5) is 21.0. The third-order valence-corrected chi connectivity index (χ3v) is 2.91. The maximum absolute atomic E-state index is 13.7. The summed E-state index contributed by atoms with van der Waals surface area (Å²) < 4.78 is 18.6. The molecule has 110 valence electrons. The molecule has 0 aliphatic carbocycles. The molecule has 2 aromatic rings. The number of nitrogens with zero attached hydrogens (tertiary/aromatic N) is 1. The third kappa shape index (κ3) is 3.16. The van der Waals surface area contributed by atoms with Crippen LogP contribution in [0.2, 0.25) is 0 Å². The lowest BCUT2D eigenvalue weighted by Gasteiger charge is -2.10. The Kier molecular flexibility index (Phi) is 3.88. The first-order valence-corrected chi connectivity index (χ1v) is 5.95. The molecule has 1 aromatic heterocycles. The summed E-state index contributed by atoms with van der Waals surface area (Å²) >= 11 is 0. The van der Waals surface area contributed by atoms with Gasteiger partial charge in [0.1, 0.15) is 16.5 Å². The summed E-state index contributed by atoms with van der Waals surface area (Å²) in [6.45, 7) is 1.64. The monoisotopic (exact) mass is 293 g/mol. The van der Waals surface area contributed by atoms with E-state index in [2.05, 4.69) is 5.32 Å². The van der Waals surface area contributed by atoms with Crippen LogP contribution in [0.1, 0.15) is 21.7 Å². The van der Waals surface area contributed by atoms with Crippen LogP contribution in [0.25, 0.3) is 0 Å². The molecule has 1 heterocycles. The predicted molar refractivity (Wildman–Crippen MR) is 72.3 cm³/mol. The fourth-order valence-corrected chi connectivity index (χ4v) is 1.75. The lowest BCUT2D eigenvalue weighted by atomic mass is 10.1. The first kappa shape index (κ1) is 14.5. The van der Waals surface area contributed by atoms with Gasteiger partial charge in [-0.15, -0.1) is 0 Å². The van der Waals surface area contributed by atoms with Crippen molar-refractivity contribution in [2.75, 3.05) is 5.32 Å². The zero-order chi connectivity index (χ0) is 15.6. The number of carbonyl (C=O) groups excluding carboxylic acids is 1. The molecule has 3 N–H and O–H groups in total. The Labute approximate surface area is 118 Å². The second-order valence-electron chi connectivity index (χ2n) is 4.35. The summed E-state index contributed by atoms with van der Waals surface area (Å²) in [5.74, 6) is -1.38. The van der Waals surface area contributed by atoms with Crippen molar-refractivity contribution in [3.63, 3.8) is 0 Å². The number of carbonyl (C=O) groups is 1. The van der Waals surface area contributed by atoms with Gasteiger partial charge in [0, 0.05) is 16.8 Å². The molecule has 7 nitrogen and oxygen atoms in total. The Morgan fingerprint density at radius 3 is 2.76 bits per heavy atom. The van der Waals surface area contributed by atoms with E-state index in [-0.39, 0.29) is 18.0 Å². The quantitative estimate of drug-likeness (QED) is 0.649. The van der Waals surface area contributed by atoms with Crippen molar-refractivity contribution < 1.29 is 18.5 Å². The van der Waals surface area contributed by atoms with Crippen molar-refractivity contribution in [3.05, 3.63) is 57.1 Å². The van der Waals surface area contributed by atoms with Crippen molar-refractivity contribution in [2.45, 2.75) is 13.5 Å². The van der Waals surface area contributed by atoms with Gasteiger partial charge in [-0.2, -0.15) is 0 Å². The minimum atomic E-state index is -0.745. The Morgan fingerprint density at radius 2 is 2.19 bits per heavy atom. The van der Waals surface area contributed by atoms with E-state index in [9.17, 15) is 19.3 Å². The highest BCUT2D eigenvalue weighted by Gasteiger charge is 2.13. The van der Waals surface area contributed by atoms with Crippen LogP contribution in [0, 0.1) is 22.9 Å². The number of amides is 1. The molecule has 0 aliphatic rings. The molecule has 0 spiro atoms. The van der Waals surface area contributed by atoms with Crippen molar-refractivity contribution in [3.8, 4) is 0 Å². The molecule has 0 atom stereocenters. The first-order valence-electron chi connectivity index (χ1n) is 5.95. The first-order chi connectivity index (χ1) is 9.88. The fraction of sp³-hybridized carbons (Fsp3) is 0.154. The number of primary amides is 1. The molecule has 1 amide bonds. The molecule has 0 unspecified atom stereocenters. The number of anilines is 1. The second kappa shape index (κ2) is 5.61. The molecule has 21 heavy (non-hydrogen) atoms. The van der Waals surface area contributed by atoms with Gasteiger partial charge in [0.15, 0.2) is 0 Å². The smallest absolute Gasteiger partial charge is 0.404 e. The van der Waals surface area contributed by atoms with Crippen molar-refractivity contribution >= 4 is 17.5 Å². The van der Waals surface area contributed by atoms with Crippen LogP contribution in [0.3, 0.4) is 0 Å². The fourth-order valence-electron chi connectivity index (χ4n) is 1.75. The average molecular weight is 293 g/mol. The zero-order valence-electron chi connectivity index (χ0n) is 11.1. The van der Waals surface area contributed by atoms with Gasteiger partial charge in [0.05, 0.1) is 12.6 Å². The lowest BCUT2D eigenvalue weighted by molar-refractivity contribution is -0.402. The molecule has 8 heteroatoms. The van der Waals surface area contributed by atoms with E-state index >= 15 is 0 Å². The van der Waals surface area contributed by atoms with Crippen molar-refractivity contribution in [1.29, 1.82) is 0 Å². The predicted octanol–water partition coefficient (Wildman–Crippen LogP) is 2.35. The van der Waals surface area contributed by atoms with Crippen LogP contribution < -0.4 is 11.1 Å². The maximum atomic E-state index is 13.7. The van der Waals surface area contributed by atoms with Crippen LogP contribution >= 0.6 is 0 Å². The van der Waals surface area contributed by atoms with E-state index in [4.69, 9.17) is 10.2 Å². The average Bonchev–Trinajstić information content (AvgIpc) is 2.89. The van der Waals surface area contributed by atoms with Crippen LogP contribution in [-0.4, -0.2) is 10.8 Å². The second-order valence-corrected chi connectivity index (χ2v) is 4.35. The number of nitrogens with one attached hydrogen (secondary N) is 1. The van der Waals surface area contributed by atoms with Crippen molar-refractivity contribution in [1.82, 2.24) is 0 Å². The molecular weight excluding hydrogens is 281 g/mol. The SMILES string of the molecule is Cc1c(F)cc(C(N)=O)cc1NCc1ccc([N+](=O)[O-])o1. The van der Waals surface area contributed by atoms with Gasteiger partial charge in [0.2, 0.25) is 5.91 Å². The van der Waals surface area contributed by atoms with Gasteiger partial charge in [-0.25, -0.2) is 4.39 Å². The minimum absolute atomic E-state index is 0.0334. The Balaban J connectivity index is 2.18. The van der Waals surface area contributed by atoms with E-state index in [1.54, 1.807) is 0 Å². The van der Waals surface area contributed by atoms with Gasteiger partial charge in [-0.05, 0) is 25.1 Å². The Hall–Kier alpha value is -2.90. The zero-order valence-corrected chi connectivity index (χ0v) is 11.1. The number of furan rings is 1. The summed E-state index contributed by atoms with van der Waals surface area (Å²) in [6, 6.07) is 5.14. The summed E-state index contributed by atoms with van der Waals surface area (Å²) in [5, 5.41) is 13.4. The number of halogens is 1. The molecule has 0 aliphatic heterocycles. The number of hydrogen-bond donors (Lipinski definition) is 2. The van der Waals surface area contributed by atoms with E-state index in [0.29, 0.717) is 17.0 Å². The molecule has 0 fully saturated rings. The molecule has 0 saturated heterocycles. The highest BCUT2D eigenvalue weighted by atomic mass is 19.1. The third-order valence-electron chi connectivity index (χ3n) is 2.91. The Morgan fingerprint density at radius 1 is 1.48 bits per heavy atom. The maximum Gasteiger partial charge on any atom is 0.433 e. The normalized spacial score (nSPS) is 10.4. The molecule has 0 radical (unpaired) electrons. The van der Waals surface area contributed by atoms with Gasteiger partial charge in [0.25, 0.3) is 0 Å². The highest BCUT2D eigenvalue weighted by Crippen LogP contribution is 2.22. The minimum Gasteiger partial charge on any atom is -0.404 e. The number of nitrogens with two attached hydrogens (primary N) is 1. The van der Waals surface area contributed by atoms with Crippen LogP contribution in [0.15, 0.2) is 28.7 Å². The molecule has 0 bridgehead atoms. The van der Waals surface area contributed by atoms with Crippen molar-refractivity contribution in [2.24, 2.45) is 5.73 Å². The van der Waals surface area contributed by atoms with Gasteiger partial charge < -0.3 is 15.5 Å². The molecule has 0 saturated carbocycles. The van der Waals surface area contributed by atoms with E-state index in [1.165, 1.54) is 25.1 Å². The van der Waals surface area contributed by atoms with E-state index < -0.39 is 16.6 Å². The lowest BCUT2D eigenvalue weighted by Crippen LogP contribution is -2.13. The number of nitro groups is 1. The summed E-state index contributed by atoms with van der Waals surface area (Å²) in [6.07, 6.45) is 0. The summed E-state index contributed by atoms with van der Waals surface area (Å²) in [5.41, 5.74) is 5.82. The standard InChI is InChI=1S/C13H12FN3O4/c1-7-10(14)4-8(13(15)18)5-11(7)16-6-9-2-3-12(21-9)17(19)20/h2-5,16H,6H2,1H3,(H2,15,18). The van der Waals surface area contributed by atoms with Crippen LogP contribution in [-0.2, 0) is 6.54 Å². The topological polar surface area (TPSA) is 111 Å². The van der Waals surface area contributed by atoms with E-state index in [0.717, 1.165) is 6.07 Å². The van der Waals surface area contributed by atoms with Crippen LogP contribution in [0.5, 0.6) is 0 Å². The van der Waals surface area contributed by atoms with Gasteiger partial charge >= 0.3 is 5.88 Å². The molecule has 2 rings (SSSR count). The van der Waals surface area contributed by atoms with E-state index in [1.807, 2.05) is 0 Å².